The van der Waals surface area contributed by atoms with Gasteiger partial charge in [-0.2, -0.15) is 4.98 Å². The van der Waals surface area contributed by atoms with E-state index < -0.39 is 0 Å². The van der Waals surface area contributed by atoms with E-state index in [1.165, 1.54) is 12.8 Å². The number of ether oxygens (including phenoxy) is 1. The molecule has 6 nitrogen and oxygen atoms in total. The maximum Gasteiger partial charge on any atom is 0.241 e. The van der Waals surface area contributed by atoms with Crippen LogP contribution in [0.3, 0.4) is 0 Å². The lowest BCUT2D eigenvalue weighted by atomic mass is 10.1. The van der Waals surface area contributed by atoms with Gasteiger partial charge in [-0.1, -0.05) is 5.16 Å². The van der Waals surface area contributed by atoms with Gasteiger partial charge in [-0.15, -0.1) is 0 Å². The molecule has 1 saturated carbocycles. The lowest BCUT2D eigenvalue weighted by Gasteiger charge is -2.22. The molecule has 0 bridgehead atoms. The van der Waals surface area contributed by atoms with Gasteiger partial charge in [0.05, 0.1) is 19.4 Å². The monoisotopic (exact) mass is 289 g/mol. The summed E-state index contributed by atoms with van der Waals surface area (Å²) in [5.74, 6) is 2.47. The Morgan fingerprint density at radius 1 is 1.29 bits per heavy atom. The molecule has 2 aliphatic rings. The average molecular weight is 289 g/mol. The molecule has 1 atom stereocenters. The number of nitrogens with zero attached hydrogens (tertiary/aromatic N) is 3. The fourth-order valence-electron chi connectivity index (χ4n) is 2.84. The fraction of sp³-hybridized carbons (Fsp3) is 0.600. The van der Waals surface area contributed by atoms with Gasteiger partial charge < -0.3 is 13.7 Å². The van der Waals surface area contributed by atoms with Gasteiger partial charge in [0.1, 0.15) is 0 Å². The minimum absolute atomic E-state index is 0.523. The Balaban J connectivity index is 1.43. The predicted molar refractivity (Wildman–Crippen MR) is 74.4 cm³/mol. The van der Waals surface area contributed by atoms with Gasteiger partial charge in [-0.05, 0) is 37.3 Å². The molecule has 3 heterocycles. The zero-order valence-electron chi connectivity index (χ0n) is 11.9. The summed E-state index contributed by atoms with van der Waals surface area (Å²) in [4.78, 5) is 6.89. The maximum absolute atomic E-state index is 5.47. The first-order chi connectivity index (χ1) is 10.4. The van der Waals surface area contributed by atoms with Gasteiger partial charge in [0.2, 0.25) is 11.7 Å². The van der Waals surface area contributed by atoms with E-state index in [0.29, 0.717) is 29.4 Å². The van der Waals surface area contributed by atoms with Crippen molar-refractivity contribution in [3.05, 3.63) is 24.3 Å². The van der Waals surface area contributed by atoms with Crippen molar-refractivity contribution in [2.45, 2.75) is 31.8 Å². The van der Waals surface area contributed by atoms with Crippen LogP contribution in [0.25, 0.3) is 11.6 Å². The van der Waals surface area contributed by atoms with Gasteiger partial charge in [-0.25, -0.2) is 0 Å². The summed E-state index contributed by atoms with van der Waals surface area (Å²) in [7, 11) is 0. The molecule has 112 valence electrons. The molecular formula is C15H19N3O3. The minimum Gasteiger partial charge on any atom is -0.461 e. The lowest BCUT2D eigenvalue weighted by molar-refractivity contribution is 0.153. The van der Waals surface area contributed by atoms with Crippen molar-refractivity contribution in [3.63, 3.8) is 0 Å². The van der Waals surface area contributed by atoms with Crippen molar-refractivity contribution in [3.8, 4) is 11.6 Å². The van der Waals surface area contributed by atoms with Crippen LogP contribution >= 0.6 is 0 Å². The van der Waals surface area contributed by atoms with Crippen LogP contribution in [0.5, 0.6) is 0 Å². The summed E-state index contributed by atoms with van der Waals surface area (Å²) in [5, 5.41) is 3.99. The van der Waals surface area contributed by atoms with Gasteiger partial charge in [0.25, 0.3) is 0 Å². The van der Waals surface area contributed by atoms with Crippen LogP contribution < -0.4 is 0 Å². The van der Waals surface area contributed by atoms with Crippen molar-refractivity contribution >= 4 is 0 Å². The van der Waals surface area contributed by atoms with Gasteiger partial charge in [-0.3, -0.25) is 4.90 Å². The molecular weight excluding hydrogens is 270 g/mol. The molecule has 1 saturated heterocycles. The second-order valence-corrected chi connectivity index (χ2v) is 5.88. The highest BCUT2D eigenvalue weighted by Gasteiger charge is 2.32. The summed E-state index contributed by atoms with van der Waals surface area (Å²) < 4.78 is 16.1. The highest BCUT2D eigenvalue weighted by Crippen LogP contribution is 2.30. The van der Waals surface area contributed by atoms with E-state index in [-0.39, 0.29) is 0 Å². The third kappa shape index (κ3) is 3.01. The molecule has 2 aromatic heterocycles. The Bertz CT molecular complexity index is 571. The van der Waals surface area contributed by atoms with Crippen molar-refractivity contribution in [2.75, 3.05) is 19.8 Å². The highest BCUT2D eigenvalue weighted by molar-refractivity contribution is 5.44. The van der Waals surface area contributed by atoms with Crippen molar-refractivity contribution < 1.29 is 13.7 Å². The summed E-state index contributed by atoms with van der Waals surface area (Å²) in [5.41, 5.74) is 0. The Kier molecular flexibility index (Phi) is 3.48. The first kappa shape index (κ1) is 13.0. The third-order valence-corrected chi connectivity index (χ3v) is 4.13. The van der Waals surface area contributed by atoms with E-state index >= 15 is 0 Å². The zero-order chi connectivity index (χ0) is 14.1. The second kappa shape index (κ2) is 5.61. The molecule has 0 aromatic carbocycles. The molecule has 0 radical (unpaired) electrons. The Morgan fingerprint density at radius 2 is 2.24 bits per heavy atom. The summed E-state index contributed by atoms with van der Waals surface area (Å²) in [6.45, 7) is 3.55. The number of aromatic nitrogens is 2. The van der Waals surface area contributed by atoms with E-state index in [0.717, 1.165) is 32.7 Å². The number of hydrogen-bond acceptors (Lipinski definition) is 6. The first-order valence-corrected chi connectivity index (χ1v) is 7.57. The molecule has 2 fully saturated rings. The number of rotatable bonds is 6. The standard InChI is InChI=1S/C15H19N3O3/c1-2-13(20-6-1)15-16-14(21-17-15)9-18(12-3-4-12)8-11-5-7-19-10-11/h1-2,6,11-12H,3-5,7-10H2. The molecule has 1 aliphatic heterocycles. The fourth-order valence-corrected chi connectivity index (χ4v) is 2.84. The molecule has 2 aromatic rings. The predicted octanol–water partition coefficient (Wildman–Crippen LogP) is 2.33. The van der Waals surface area contributed by atoms with E-state index in [2.05, 4.69) is 15.0 Å². The summed E-state index contributed by atoms with van der Waals surface area (Å²) in [6.07, 6.45) is 5.31. The molecule has 1 unspecified atom stereocenters. The van der Waals surface area contributed by atoms with Gasteiger partial charge >= 0.3 is 0 Å². The topological polar surface area (TPSA) is 64.5 Å². The van der Waals surface area contributed by atoms with Gasteiger partial charge in [0, 0.05) is 19.2 Å². The number of furan rings is 1. The SMILES string of the molecule is c1coc(-c2noc(CN(CC3CCOC3)C3CC3)n2)c1. The molecule has 4 rings (SSSR count). The van der Waals surface area contributed by atoms with Gasteiger partial charge in [0.15, 0.2) is 5.76 Å². The van der Waals surface area contributed by atoms with E-state index in [4.69, 9.17) is 13.7 Å². The molecule has 0 N–H and O–H groups in total. The van der Waals surface area contributed by atoms with Crippen LogP contribution in [0.1, 0.15) is 25.2 Å². The Hall–Kier alpha value is -1.66. The first-order valence-electron chi connectivity index (χ1n) is 7.57. The highest BCUT2D eigenvalue weighted by atomic mass is 16.5. The van der Waals surface area contributed by atoms with Crippen LogP contribution in [-0.4, -0.2) is 40.8 Å². The molecule has 6 heteroatoms. The Morgan fingerprint density at radius 3 is 2.95 bits per heavy atom. The smallest absolute Gasteiger partial charge is 0.241 e. The average Bonchev–Trinajstić information content (AvgIpc) is 2.93. The lowest BCUT2D eigenvalue weighted by Crippen LogP contribution is -2.31. The van der Waals surface area contributed by atoms with Crippen molar-refractivity contribution in [1.82, 2.24) is 15.0 Å². The largest absolute Gasteiger partial charge is 0.461 e. The van der Waals surface area contributed by atoms with Crippen LogP contribution in [0.2, 0.25) is 0 Å². The van der Waals surface area contributed by atoms with Crippen LogP contribution in [0.4, 0.5) is 0 Å². The second-order valence-electron chi connectivity index (χ2n) is 5.88. The quantitative estimate of drug-likeness (QED) is 0.813. The summed E-state index contributed by atoms with van der Waals surface area (Å²) in [6, 6.07) is 4.33. The van der Waals surface area contributed by atoms with Crippen molar-refractivity contribution in [2.24, 2.45) is 5.92 Å². The van der Waals surface area contributed by atoms with Crippen LogP contribution in [0, 0.1) is 5.92 Å². The molecule has 1 aliphatic carbocycles. The Labute approximate surface area is 123 Å². The number of hydrogen-bond donors (Lipinski definition) is 0. The van der Waals surface area contributed by atoms with Crippen LogP contribution in [0.15, 0.2) is 27.3 Å². The van der Waals surface area contributed by atoms with E-state index in [1.807, 2.05) is 12.1 Å². The maximum atomic E-state index is 5.47. The van der Waals surface area contributed by atoms with Crippen LogP contribution in [-0.2, 0) is 11.3 Å². The molecule has 21 heavy (non-hydrogen) atoms. The van der Waals surface area contributed by atoms with E-state index in [1.54, 1.807) is 6.26 Å². The zero-order valence-corrected chi connectivity index (χ0v) is 11.9. The minimum atomic E-state index is 0.523. The van der Waals surface area contributed by atoms with E-state index in [9.17, 15) is 0 Å². The third-order valence-electron chi connectivity index (χ3n) is 4.13. The van der Waals surface area contributed by atoms with Crippen molar-refractivity contribution in [1.29, 1.82) is 0 Å². The molecule has 0 amide bonds. The normalized spacial score (nSPS) is 22.2. The molecule has 0 spiro atoms. The summed E-state index contributed by atoms with van der Waals surface area (Å²) >= 11 is 0.